The van der Waals surface area contributed by atoms with Crippen LogP contribution in [0.25, 0.3) is 11.0 Å². The minimum absolute atomic E-state index is 0.0910. The van der Waals surface area contributed by atoms with Gasteiger partial charge < -0.3 is 5.32 Å². The van der Waals surface area contributed by atoms with Crippen molar-refractivity contribution in [2.24, 2.45) is 4.99 Å². The topological polar surface area (TPSA) is 61.6 Å². The lowest BCUT2D eigenvalue weighted by Gasteiger charge is -2.46. The third-order valence-corrected chi connectivity index (χ3v) is 6.13. The zero-order valence-corrected chi connectivity index (χ0v) is 15.8. The first-order valence-electron chi connectivity index (χ1n) is 10.0. The van der Waals surface area contributed by atoms with Crippen molar-refractivity contribution in [1.82, 2.24) is 24.8 Å². The van der Waals surface area contributed by atoms with Crippen molar-refractivity contribution in [1.29, 1.82) is 0 Å². The predicted molar refractivity (Wildman–Crippen MR) is 109 cm³/mol. The summed E-state index contributed by atoms with van der Waals surface area (Å²) in [6.07, 6.45) is 8.45. The van der Waals surface area contributed by atoms with Gasteiger partial charge in [-0.1, -0.05) is 18.2 Å². The molecule has 1 aromatic carbocycles. The number of imidazole rings is 1. The number of guanidine groups is 1. The smallest absolute Gasteiger partial charge is 0.216 e. The first-order chi connectivity index (χ1) is 13.8. The number of benzene rings is 1. The van der Waals surface area contributed by atoms with Gasteiger partial charge in [-0.3, -0.25) is 19.4 Å². The third kappa shape index (κ3) is 2.36. The van der Waals surface area contributed by atoms with E-state index < -0.39 is 0 Å². The highest BCUT2D eigenvalue weighted by atomic mass is 15.6. The number of nitrogens with one attached hydrogen (secondary N) is 1. The zero-order valence-electron chi connectivity index (χ0n) is 15.8. The SMILES string of the molecule is c1cncc(CN2CN=C3NC4(CCCC4)n4c(nc5ccccc54)N3C2)c1. The first kappa shape index (κ1) is 16.1. The molecule has 6 rings (SSSR count). The van der Waals surface area contributed by atoms with Crippen molar-refractivity contribution in [2.45, 2.75) is 37.9 Å². The molecule has 2 aromatic heterocycles. The fourth-order valence-corrected chi connectivity index (χ4v) is 4.87. The van der Waals surface area contributed by atoms with Gasteiger partial charge in [0.2, 0.25) is 11.9 Å². The maximum atomic E-state index is 5.03. The van der Waals surface area contributed by atoms with Crippen LogP contribution in [0.15, 0.2) is 53.8 Å². The molecule has 0 amide bonds. The van der Waals surface area contributed by atoms with Gasteiger partial charge in [-0.05, 0) is 49.4 Å². The lowest BCUT2D eigenvalue weighted by Crippen LogP contribution is -2.63. The van der Waals surface area contributed by atoms with Crippen LogP contribution in [0.4, 0.5) is 5.95 Å². The monoisotopic (exact) mass is 373 g/mol. The van der Waals surface area contributed by atoms with Gasteiger partial charge in [0.25, 0.3) is 0 Å². The normalized spacial score (nSPS) is 20.7. The molecule has 1 spiro atoms. The minimum Gasteiger partial charge on any atom is -0.333 e. The summed E-state index contributed by atoms with van der Waals surface area (Å²) < 4.78 is 2.43. The van der Waals surface area contributed by atoms with E-state index in [0.29, 0.717) is 6.67 Å². The average molecular weight is 373 g/mol. The molecule has 7 heteroatoms. The molecule has 3 aromatic rings. The van der Waals surface area contributed by atoms with Crippen molar-refractivity contribution in [2.75, 3.05) is 18.2 Å². The molecule has 3 aliphatic rings. The lowest BCUT2D eigenvalue weighted by molar-refractivity contribution is 0.226. The number of aromatic nitrogens is 3. The number of anilines is 1. The Kier molecular flexibility index (Phi) is 3.46. The molecule has 28 heavy (non-hydrogen) atoms. The summed E-state index contributed by atoms with van der Waals surface area (Å²) in [6, 6.07) is 12.6. The summed E-state index contributed by atoms with van der Waals surface area (Å²) in [5, 5.41) is 3.81. The van der Waals surface area contributed by atoms with E-state index in [9.17, 15) is 0 Å². The highest BCUT2D eigenvalue weighted by molar-refractivity contribution is 5.99. The van der Waals surface area contributed by atoms with Gasteiger partial charge in [0.15, 0.2) is 0 Å². The number of rotatable bonds is 2. The third-order valence-electron chi connectivity index (χ3n) is 6.13. The van der Waals surface area contributed by atoms with Crippen LogP contribution >= 0.6 is 0 Å². The number of para-hydroxylation sites is 2. The van der Waals surface area contributed by atoms with Crippen molar-refractivity contribution < 1.29 is 0 Å². The molecule has 1 saturated carbocycles. The maximum absolute atomic E-state index is 5.03. The number of pyridine rings is 1. The van der Waals surface area contributed by atoms with Crippen LogP contribution in [0, 0.1) is 0 Å². The Morgan fingerprint density at radius 3 is 2.82 bits per heavy atom. The van der Waals surface area contributed by atoms with Crippen LogP contribution in [0.1, 0.15) is 31.2 Å². The molecule has 7 nitrogen and oxygen atoms in total. The van der Waals surface area contributed by atoms with E-state index in [1.807, 2.05) is 18.5 Å². The van der Waals surface area contributed by atoms with Crippen molar-refractivity contribution in [3.8, 4) is 0 Å². The van der Waals surface area contributed by atoms with E-state index in [1.54, 1.807) is 0 Å². The molecular weight excluding hydrogens is 350 g/mol. The minimum atomic E-state index is -0.0910. The van der Waals surface area contributed by atoms with Gasteiger partial charge in [-0.25, -0.2) is 9.98 Å². The highest BCUT2D eigenvalue weighted by Gasteiger charge is 2.46. The molecule has 0 bridgehead atoms. The molecule has 0 saturated heterocycles. The summed E-state index contributed by atoms with van der Waals surface area (Å²) in [5.74, 6) is 1.98. The Balaban J connectivity index is 1.42. The maximum Gasteiger partial charge on any atom is 0.216 e. The number of hydrogen-bond acceptors (Lipinski definition) is 6. The Labute approximate surface area is 163 Å². The van der Waals surface area contributed by atoms with E-state index >= 15 is 0 Å². The Morgan fingerprint density at radius 1 is 1.07 bits per heavy atom. The lowest BCUT2D eigenvalue weighted by atomic mass is 10.1. The van der Waals surface area contributed by atoms with Crippen LogP contribution < -0.4 is 10.2 Å². The molecule has 142 valence electrons. The van der Waals surface area contributed by atoms with E-state index in [0.717, 1.165) is 43.5 Å². The molecule has 4 heterocycles. The Hall–Kier alpha value is -2.93. The number of fused-ring (bicyclic) bond motifs is 6. The second-order valence-electron chi connectivity index (χ2n) is 7.98. The fraction of sp³-hybridized carbons (Fsp3) is 0.381. The van der Waals surface area contributed by atoms with Gasteiger partial charge in [-0.15, -0.1) is 0 Å². The summed E-state index contributed by atoms with van der Waals surface area (Å²) in [4.78, 5) is 18.7. The summed E-state index contributed by atoms with van der Waals surface area (Å²) >= 11 is 0. The molecule has 2 aliphatic heterocycles. The van der Waals surface area contributed by atoms with Gasteiger partial charge in [0.05, 0.1) is 24.4 Å². The molecule has 0 unspecified atom stereocenters. The van der Waals surface area contributed by atoms with Crippen LogP contribution in [-0.2, 0) is 12.2 Å². The second kappa shape index (κ2) is 6.04. The van der Waals surface area contributed by atoms with Gasteiger partial charge in [-0.2, -0.15) is 0 Å². The molecule has 1 aliphatic carbocycles. The predicted octanol–water partition coefficient (Wildman–Crippen LogP) is 2.85. The largest absolute Gasteiger partial charge is 0.333 e. The second-order valence-corrected chi connectivity index (χ2v) is 7.98. The molecule has 0 radical (unpaired) electrons. The summed E-state index contributed by atoms with van der Waals surface area (Å²) in [7, 11) is 0. The number of nitrogens with zero attached hydrogens (tertiary/aromatic N) is 6. The van der Waals surface area contributed by atoms with Crippen LogP contribution in [-0.4, -0.2) is 38.7 Å². The van der Waals surface area contributed by atoms with Crippen LogP contribution in [0.5, 0.6) is 0 Å². The van der Waals surface area contributed by atoms with Crippen molar-refractivity contribution >= 4 is 22.9 Å². The van der Waals surface area contributed by atoms with E-state index in [-0.39, 0.29) is 5.66 Å². The summed E-state index contributed by atoms with van der Waals surface area (Å²) in [5.41, 5.74) is 3.37. The first-order valence-corrected chi connectivity index (χ1v) is 10.0. The van der Waals surface area contributed by atoms with E-state index in [4.69, 9.17) is 9.98 Å². The van der Waals surface area contributed by atoms with Gasteiger partial charge >= 0.3 is 0 Å². The molecule has 1 N–H and O–H groups in total. The highest BCUT2D eigenvalue weighted by Crippen LogP contribution is 2.43. The Morgan fingerprint density at radius 2 is 1.96 bits per heavy atom. The fourth-order valence-electron chi connectivity index (χ4n) is 4.87. The number of aliphatic imine (C=N–C) groups is 1. The molecule has 1 fully saturated rings. The molecular formula is C21H23N7. The van der Waals surface area contributed by atoms with E-state index in [1.165, 1.54) is 23.9 Å². The Bertz CT molecular complexity index is 1050. The standard InChI is InChI=1S/C21H23N7/c1-2-8-18-17(7-1)24-20-27-15-26(13-16-6-5-11-22-12-16)14-23-19(27)25-21(28(18)20)9-3-4-10-21/h1-2,5-8,11-12H,3-4,9-10,13-15H2,(H,23,25). The van der Waals surface area contributed by atoms with Crippen molar-refractivity contribution in [3.63, 3.8) is 0 Å². The quantitative estimate of drug-likeness (QED) is 0.748. The van der Waals surface area contributed by atoms with E-state index in [2.05, 4.69) is 55.0 Å². The van der Waals surface area contributed by atoms with Gasteiger partial charge in [0.1, 0.15) is 5.66 Å². The van der Waals surface area contributed by atoms with Gasteiger partial charge in [0, 0.05) is 18.9 Å². The van der Waals surface area contributed by atoms with Crippen LogP contribution in [0.2, 0.25) is 0 Å². The summed E-state index contributed by atoms with van der Waals surface area (Å²) in [6.45, 7) is 2.27. The molecule has 0 atom stereocenters. The average Bonchev–Trinajstić information content (AvgIpc) is 3.35. The van der Waals surface area contributed by atoms with Crippen LogP contribution in [0.3, 0.4) is 0 Å². The zero-order chi connectivity index (χ0) is 18.6. The number of hydrogen-bond donors (Lipinski definition) is 1. The van der Waals surface area contributed by atoms with Crippen molar-refractivity contribution in [3.05, 3.63) is 54.4 Å².